The van der Waals surface area contributed by atoms with Crippen molar-refractivity contribution in [1.29, 1.82) is 0 Å². The molecule has 2 nitrogen and oxygen atoms in total. The lowest BCUT2D eigenvalue weighted by Gasteiger charge is -2.26. The van der Waals surface area contributed by atoms with Gasteiger partial charge in [-0.1, -0.05) is 13.3 Å². The quantitative estimate of drug-likeness (QED) is 0.758. The summed E-state index contributed by atoms with van der Waals surface area (Å²) in [6.07, 6.45) is 7.54. The Morgan fingerprint density at radius 2 is 2.36 bits per heavy atom. The maximum absolute atomic E-state index is 3.60. The molecular formula is C12H20N2. The first-order valence-electron chi connectivity index (χ1n) is 5.77. The van der Waals surface area contributed by atoms with Gasteiger partial charge in [-0.3, -0.25) is 0 Å². The fourth-order valence-electron chi connectivity index (χ4n) is 1.93. The van der Waals surface area contributed by atoms with Gasteiger partial charge in [0.1, 0.15) is 0 Å². The number of nitrogens with zero attached hydrogens (tertiary/aromatic N) is 1. The van der Waals surface area contributed by atoms with Crippen LogP contribution in [0.2, 0.25) is 0 Å². The van der Waals surface area contributed by atoms with Crippen LogP contribution < -0.4 is 5.32 Å². The van der Waals surface area contributed by atoms with Gasteiger partial charge in [-0.05, 0) is 31.4 Å². The van der Waals surface area contributed by atoms with E-state index in [0.717, 1.165) is 19.1 Å². The highest BCUT2D eigenvalue weighted by molar-refractivity contribution is 5.07. The van der Waals surface area contributed by atoms with Crippen LogP contribution in [0.3, 0.4) is 0 Å². The fourth-order valence-corrected chi connectivity index (χ4v) is 1.93. The first kappa shape index (κ1) is 9.78. The predicted molar refractivity (Wildman–Crippen MR) is 59.2 cm³/mol. The molecule has 0 radical (unpaired) electrons. The highest BCUT2D eigenvalue weighted by Gasteiger charge is 2.16. The molecular weight excluding hydrogens is 172 g/mol. The highest BCUT2D eigenvalue weighted by atomic mass is 15.0. The molecule has 14 heavy (non-hydrogen) atoms. The molecule has 1 heterocycles. The van der Waals surface area contributed by atoms with Crippen LogP contribution in [0.4, 0.5) is 0 Å². The number of aryl methyl sites for hydroxylation is 1. The number of rotatable bonds is 5. The first-order valence-corrected chi connectivity index (χ1v) is 5.77. The molecule has 0 unspecified atom stereocenters. The summed E-state index contributed by atoms with van der Waals surface area (Å²) in [7, 11) is 0. The molecule has 0 saturated heterocycles. The van der Waals surface area contributed by atoms with E-state index in [1.54, 1.807) is 0 Å². The molecule has 1 aliphatic carbocycles. The lowest BCUT2D eigenvalue weighted by atomic mass is 9.93. The van der Waals surface area contributed by atoms with Gasteiger partial charge < -0.3 is 9.88 Å². The molecule has 1 N–H and O–H groups in total. The van der Waals surface area contributed by atoms with Gasteiger partial charge >= 0.3 is 0 Å². The molecule has 0 aliphatic heterocycles. The predicted octanol–water partition coefficient (Wildman–Crippen LogP) is 2.54. The van der Waals surface area contributed by atoms with E-state index >= 15 is 0 Å². The summed E-state index contributed by atoms with van der Waals surface area (Å²) in [6.45, 7) is 4.41. The molecule has 1 aromatic rings. The number of aromatic nitrogens is 1. The van der Waals surface area contributed by atoms with Crippen LogP contribution in [-0.2, 0) is 13.1 Å². The van der Waals surface area contributed by atoms with Crippen molar-refractivity contribution in [3.63, 3.8) is 0 Å². The zero-order chi connectivity index (χ0) is 9.80. The van der Waals surface area contributed by atoms with E-state index in [2.05, 4.69) is 35.1 Å². The molecule has 2 heteroatoms. The molecule has 1 aromatic heterocycles. The molecule has 2 rings (SSSR count). The van der Waals surface area contributed by atoms with E-state index in [9.17, 15) is 0 Å². The van der Waals surface area contributed by atoms with Crippen molar-refractivity contribution in [2.75, 3.05) is 0 Å². The van der Waals surface area contributed by atoms with E-state index in [1.165, 1.54) is 31.4 Å². The third-order valence-electron chi connectivity index (χ3n) is 3.07. The molecule has 0 spiro atoms. The minimum atomic E-state index is 0.792. The molecule has 78 valence electrons. The zero-order valence-electron chi connectivity index (χ0n) is 9.00. The van der Waals surface area contributed by atoms with Gasteiger partial charge in [-0.2, -0.15) is 0 Å². The van der Waals surface area contributed by atoms with E-state index in [1.807, 2.05) is 0 Å². The summed E-state index contributed by atoms with van der Waals surface area (Å²) in [5, 5.41) is 3.60. The van der Waals surface area contributed by atoms with Gasteiger partial charge in [0.15, 0.2) is 0 Å². The SMILES string of the molecule is CCCn1cccc1CNC1CCC1. The monoisotopic (exact) mass is 192 g/mol. The molecule has 0 amide bonds. The summed E-state index contributed by atoms with van der Waals surface area (Å²) in [6, 6.07) is 5.16. The number of hydrogen-bond acceptors (Lipinski definition) is 1. The van der Waals surface area contributed by atoms with Crippen molar-refractivity contribution >= 4 is 0 Å². The van der Waals surface area contributed by atoms with E-state index < -0.39 is 0 Å². The normalized spacial score (nSPS) is 16.9. The van der Waals surface area contributed by atoms with E-state index in [-0.39, 0.29) is 0 Å². The maximum Gasteiger partial charge on any atom is 0.0361 e. The number of hydrogen-bond donors (Lipinski definition) is 1. The minimum absolute atomic E-state index is 0.792. The molecule has 1 aliphatic rings. The number of nitrogens with one attached hydrogen (secondary N) is 1. The zero-order valence-corrected chi connectivity index (χ0v) is 9.00. The second-order valence-corrected chi connectivity index (χ2v) is 4.20. The van der Waals surface area contributed by atoms with Crippen molar-refractivity contribution in [3.05, 3.63) is 24.0 Å². The van der Waals surface area contributed by atoms with Crippen molar-refractivity contribution in [1.82, 2.24) is 9.88 Å². The first-order chi connectivity index (χ1) is 6.90. The smallest absolute Gasteiger partial charge is 0.0361 e. The molecule has 0 bridgehead atoms. The van der Waals surface area contributed by atoms with Gasteiger partial charge in [-0.15, -0.1) is 0 Å². The Morgan fingerprint density at radius 3 is 3.00 bits per heavy atom. The molecule has 0 aromatic carbocycles. The third-order valence-corrected chi connectivity index (χ3v) is 3.07. The van der Waals surface area contributed by atoms with Crippen LogP contribution in [0.15, 0.2) is 18.3 Å². The molecule has 1 saturated carbocycles. The van der Waals surface area contributed by atoms with Gasteiger partial charge in [0.2, 0.25) is 0 Å². The van der Waals surface area contributed by atoms with Gasteiger partial charge in [0.05, 0.1) is 0 Å². The second-order valence-electron chi connectivity index (χ2n) is 4.20. The van der Waals surface area contributed by atoms with Crippen LogP contribution in [0, 0.1) is 0 Å². The van der Waals surface area contributed by atoms with Crippen molar-refractivity contribution in [2.24, 2.45) is 0 Å². The molecule has 1 fully saturated rings. The Hall–Kier alpha value is -0.760. The van der Waals surface area contributed by atoms with Gasteiger partial charge in [0, 0.05) is 31.0 Å². The second kappa shape index (κ2) is 4.65. The topological polar surface area (TPSA) is 17.0 Å². The fraction of sp³-hybridized carbons (Fsp3) is 0.667. The Bertz CT molecular complexity index is 274. The van der Waals surface area contributed by atoms with Crippen LogP contribution in [-0.4, -0.2) is 10.6 Å². The van der Waals surface area contributed by atoms with Crippen molar-refractivity contribution in [3.8, 4) is 0 Å². The van der Waals surface area contributed by atoms with E-state index in [4.69, 9.17) is 0 Å². The Kier molecular flexibility index (Phi) is 3.25. The summed E-state index contributed by atoms with van der Waals surface area (Å²) in [5.41, 5.74) is 1.43. The Morgan fingerprint density at radius 1 is 1.50 bits per heavy atom. The van der Waals surface area contributed by atoms with Crippen molar-refractivity contribution in [2.45, 2.75) is 51.7 Å². The Labute approximate surface area is 86.3 Å². The van der Waals surface area contributed by atoms with Crippen LogP contribution in [0.5, 0.6) is 0 Å². The van der Waals surface area contributed by atoms with Crippen LogP contribution >= 0.6 is 0 Å². The lowest BCUT2D eigenvalue weighted by molar-refractivity contribution is 0.335. The van der Waals surface area contributed by atoms with Gasteiger partial charge in [-0.25, -0.2) is 0 Å². The summed E-state index contributed by atoms with van der Waals surface area (Å²) >= 11 is 0. The summed E-state index contributed by atoms with van der Waals surface area (Å²) in [5.74, 6) is 0. The lowest BCUT2D eigenvalue weighted by Crippen LogP contribution is -2.35. The standard InChI is InChI=1S/C12H20N2/c1-2-8-14-9-4-7-12(14)10-13-11-5-3-6-11/h4,7,9,11,13H,2-3,5-6,8,10H2,1H3. The van der Waals surface area contributed by atoms with Crippen molar-refractivity contribution < 1.29 is 0 Å². The maximum atomic E-state index is 3.60. The van der Waals surface area contributed by atoms with Crippen LogP contribution in [0.1, 0.15) is 38.3 Å². The molecule has 0 atom stereocenters. The van der Waals surface area contributed by atoms with Gasteiger partial charge in [0.25, 0.3) is 0 Å². The average molecular weight is 192 g/mol. The third kappa shape index (κ3) is 2.18. The average Bonchev–Trinajstić information content (AvgIpc) is 2.51. The van der Waals surface area contributed by atoms with E-state index in [0.29, 0.717) is 0 Å². The highest BCUT2D eigenvalue weighted by Crippen LogP contribution is 2.18. The summed E-state index contributed by atoms with van der Waals surface area (Å²) < 4.78 is 2.35. The minimum Gasteiger partial charge on any atom is -0.350 e. The summed E-state index contributed by atoms with van der Waals surface area (Å²) in [4.78, 5) is 0. The van der Waals surface area contributed by atoms with Crippen LogP contribution in [0.25, 0.3) is 0 Å². The largest absolute Gasteiger partial charge is 0.350 e. The Balaban J connectivity index is 1.84.